The van der Waals surface area contributed by atoms with Crippen LogP contribution in [0.1, 0.15) is 6.42 Å². The molecule has 4 N–H and O–H groups in total. The Labute approximate surface area is 71.9 Å². The molecule has 0 heterocycles. The fraction of sp³-hybridized carbons (Fsp3) is 1.00. The van der Waals surface area contributed by atoms with E-state index in [1.807, 2.05) is 0 Å². The molecule has 0 rings (SSSR count). The zero-order chi connectivity index (χ0) is 9.45. The van der Waals surface area contributed by atoms with E-state index in [0.29, 0.717) is 6.42 Å². The van der Waals surface area contributed by atoms with Crippen LogP contribution in [-0.2, 0) is 4.65 Å². The highest BCUT2D eigenvalue weighted by Gasteiger charge is 2.27. The average Bonchev–Trinajstić information content (AvgIpc) is 2.14. The van der Waals surface area contributed by atoms with Crippen molar-refractivity contribution in [3.8, 4) is 0 Å². The summed E-state index contributed by atoms with van der Waals surface area (Å²) in [5, 5.41) is 34.8. The zero-order valence-electron chi connectivity index (χ0n) is 6.94. The summed E-state index contributed by atoms with van der Waals surface area (Å²) in [6.07, 6.45) is 0.317. The minimum absolute atomic E-state index is 0.207. The minimum atomic E-state index is -0.894. The Bertz CT molecular complexity index is 97.8. The van der Waals surface area contributed by atoms with Gasteiger partial charge in [0, 0.05) is 12.0 Å². The molecule has 0 saturated carbocycles. The topological polar surface area (TPSA) is 90.2 Å². The number of aliphatic hydroxyl groups excluding tert-OH is 3. The first kappa shape index (κ1) is 11.9. The molecule has 0 amide bonds. The van der Waals surface area contributed by atoms with Crippen molar-refractivity contribution in [2.75, 3.05) is 26.4 Å². The van der Waals surface area contributed by atoms with E-state index >= 15 is 0 Å². The highest BCUT2D eigenvalue weighted by Crippen LogP contribution is 2.19. The van der Waals surface area contributed by atoms with Crippen LogP contribution in [0.15, 0.2) is 0 Å². The molecule has 0 spiro atoms. The molecular formula is C6H15BO5. The lowest BCUT2D eigenvalue weighted by atomic mass is 9.88. The van der Waals surface area contributed by atoms with Crippen molar-refractivity contribution in [1.29, 1.82) is 0 Å². The van der Waals surface area contributed by atoms with Crippen LogP contribution in [0, 0.1) is 5.41 Å². The van der Waals surface area contributed by atoms with Crippen molar-refractivity contribution in [1.82, 2.24) is 0 Å². The molecule has 0 aliphatic heterocycles. The average molecular weight is 178 g/mol. The minimum Gasteiger partial charge on any atom is -0.430 e. The maximum atomic E-state index is 8.84. The van der Waals surface area contributed by atoms with E-state index < -0.39 is 13.1 Å². The van der Waals surface area contributed by atoms with Crippen LogP contribution >= 0.6 is 0 Å². The molecule has 0 aliphatic carbocycles. The van der Waals surface area contributed by atoms with Crippen LogP contribution < -0.4 is 0 Å². The molecule has 0 saturated heterocycles. The van der Waals surface area contributed by atoms with Gasteiger partial charge in [0.2, 0.25) is 0 Å². The lowest BCUT2D eigenvalue weighted by Crippen LogP contribution is -2.35. The molecule has 72 valence electrons. The Balaban J connectivity index is 3.76. The van der Waals surface area contributed by atoms with Crippen molar-refractivity contribution in [3.63, 3.8) is 0 Å². The summed E-state index contributed by atoms with van der Waals surface area (Å²) in [5.74, 6) is 0. The van der Waals surface area contributed by atoms with Crippen LogP contribution in [0.3, 0.4) is 0 Å². The van der Waals surface area contributed by atoms with Gasteiger partial charge in [0.1, 0.15) is 0 Å². The van der Waals surface area contributed by atoms with Crippen LogP contribution in [0.5, 0.6) is 0 Å². The molecule has 0 atom stereocenters. The lowest BCUT2D eigenvalue weighted by Gasteiger charge is -2.26. The summed E-state index contributed by atoms with van der Waals surface area (Å²) in [4.78, 5) is 0. The van der Waals surface area contributed by atoms with Crippen molar-refractivity contribution >= 4 is 7.69 Å². The van der Waals surface area contributed by atoms with Crippen molar-refractivity contribution < 1.29 is 25.0 Å². The normalized spacial score (nSPS) is 11.7. The maximum absolute atomic E-state index is 8.84. The smallest absolute Gasteiger partial charge is 0.430 e. The van der Waals surface area contributed by atoms with Gasteiger partial charge in [-0.3, -0.25) is 0 Å². The van der Waals surface area contributed by atoms with Gasteiger partial charge < -0.3 is 25.0 Å². The van der Waals surface area contributed by atoms with Crippen molar-refractivity contribution in [2.45, 2.75) is 6.42 Å². The molecule has 5 nitrogen and oxygen atoms in total. The predicted molar refractivity (Wildman–Crippen MR) is 43.6 cm³/mol. The SMILES string of the molecule is OBOCCC(CO)(CO)CO. The number of hydrogen-bond acceptors (Lipinski definition) is 5. The van der Waals surface area contributed by atoms with Gasteiger partial charge in [-0.2, -0.15) is 0 Å². The van der Waals surface area contributed by atoms with Crippen LogP contribution in [0.2, 0.25) is 0 Å². The molecule has 0 unspecified atom stereocenters. The number of aliphatic hydroxyl groups is 3. The monoisotopic (exact) mass is 178 g/mol. The molecule has 12 heavy (non-hydrogen) atoms. The highest BCUT2D eigenvalue weighted by atomic mass is 16.5. The van der Waals surface area contributed by atoms with Gasteiger partial charge in [-0.25, -0.2) is 0 Å². The third-order valence-electron chi connectivity index (χ3n) is 1.87. The Hall–Kier alpha value is -0.135. The van der Waals surface area contributed by atoms with Gasteiger partial charge in [-0.1, -0.05) is 0 Å². The van der Waals surface area contributed by atoms with Gasteiger partial charge in [-0.15, -0.1) is 0 Å². The van der Waals surface area contributed by atoms with Gasteiger partial charge in [-0.05, 0) is 6.42 Å². The van der Waals surface area contributed by atoms with Gasteiger partial charge in [0.05, 0.1) is 19.8 Å². The van der Waals surface area contributed by atoms with E-state index in [1.54, 1.807) is 0 Å². The van der Waals surface area contributed by atoms with E-state index in [4.69, 9.17) is 20.3 Å². The summed E-state index contributed by atoms with van der Waals surface area (Å²) in [5.41, 5.74) is -0.894. The Kier molecular flexibility index (Phi) is 6.32. The Morgan fingerprint density at radius 2 is 1.58 bits per heavy atom. The molecule has 0 aliphatic rings. The van der Waals surface area contributed by atoms with E-state index in [2.05, 4.69) is 4.65 Å². The summed E-state index contributed by atoms with van der Waals surface area (Å²) >= 11 is 0. The maximum Gasteiger partial charge on any atom is 0.435 e. The zero-order valence-corrected chi connectivity index (χ0v) is 6.94. The van der Waals surface area contributed by atoms with E-state index in [-0.39, 0.29) is 26.4 Å². The second-order valence-electron chi connectivity index (χ2n) is 2.76. The van der Waals surface area contributed by atoms with Gasteiger partial charge >= 0.3 is 7.69 Å². The van der Waals surface area contributed by atoms with Crippen LogP contribution in [0.25, 0.3) is 0 Å². The molecule has 0 aromatic rings. The third-order valence-corrected chi connectivity index (χ3v) is 1.87. The molecule has 0 bridgehead atoms. The molecule has 0 aromatic carbocycles. The largest absolute Gasteiger partial charge is 0.435 e. The first-order valence-electron chi connectivity index (χ1n) is 3.76. The van der Waals surface area contributed by atoms with Gasteiger partial charge in [0.15, 0.2) is 0 Å². The summed E-state index contributed by atoms with van der Waals surface area (Å²) in [7, 11) is -0.391. The molecule has 0 aromatic heterocycles. The van der Waals surface area contributed by atoms with Crippen molar-refractivity contribution in [3.05, 3.63) is 0 Å². The van der Waals surface area contributed by atoms with E-state index in [9.17, 15) is 0 Å². The standard InChI is InChI=1S/C6H15BO5/c8-3-6(4-9,5-10)1-2-12-7-11/h7-11H,1-5H2. The van der Waals surface area contributed by atoms with Gasteiger partial charge in [0.25, 0.3) is 0 Å². The van der Waals surface area contributed by atoms with Crippen molar-refractivity contribution in [2.24, 2.45) is 5.41 Å². The predicted octanol–water partition coefficient (Wildman–Crippen LogP) is -2.38. The summed E-state index contributed by atoms with van der Waals surface area (Å²) in [6, 6.07) is 0. The molecule has 0 fully saturated rings. The quantitative estimate of drug-likeness (QED) is 0.258. The lowest BCUT2D eigenvalue weighted by molar-refractivity contribution is -0.00963. The number of rotatable bonds is 7. The van der Waals surface area contributed by atoms with E-state index in [1.165, 1.54) is 0 Å². The Morgan fingerprint density at radius 1 is 1.08 bits per heavy atom. The summed E-state index contributed by atoms with van der Waals surface area (Å²) in [6.45, 7) is -0.684. The Morgan fingerprint density at radius 3 is 1.92 bits per heavy atom. The number of hydrogen-bond donors (Lipinski definition) is 4. The van der Waals surface area contributed by atoms with E-state index in [0.717, 1.165) is 0 Å². The fourth-order valence-corrected chi connectivity index (χ4v) is 0.740. The third kappa shape index (κ3) is 3.51. The second-order valence-corrected chi connectivity index (χ2v) is 2.76. The van der Waals surface area contributed by atoms with Crippen LogP contribution in [-0.4, -0.2) is 54.5 Å². The molecule has 0 radical (unpaired) electrons. The fourth-order valence-electron chi connectivity index (χ4n) is 0.740. The highest BCUT2D eigenvalue weighted by molar-refractivity contribution is 6.15. The second kappa shape index (κ2) is 6.39. The first-order chi connectivity index (χ1) is 5.74. The first-order valence-corrected chi connectivity index (χ1v) is 3.76. The molecule has 6 heteroatoms. The summed E-state index contributed by atoms with van der Waals surface area (Å²) < 4.78 is 4.62. The van der Waals surface area contributed by atoms with Crippen LogP contribution in [0.4, 0.5) is 0 Å². The molecular weight excluding hydrogens is 163 g/mol.